The minimum Gasteiger partial charge on any atom is -0.299 e. The Hall–Kier alpha value is -1.26. The molecule has 1 aromatic rings. The third kappa shape index (κ3) is 3.24. The number of benzene rings is 1. The molecule has 1 rings (SSSR count). The smallest absolute Gasteiger partial charge is 0.0578 e. The highest BCUT2D eigenvalue weighted by Gasteiger charge is 2.07. The van der Waals surface area contributed by atoms with E-state index < -0.39 is 0 Å². The predicted octanol–water partition coefficient (Wildman–Crippen LogP) is 2.75. The average molecular weight is 187 g/mol. The van der Waals surface area contributed by atoms with Crippen LogP contribution in [0.25, 0.3) is 0 Å². The van der Waals surface area contributed by atoms with Crippen molar-refractivity contribution < 1.29 is 0 Å². The van der Waals surface area contributed by atoms with Gasteiger partial charge in [0.15, 0.2) is 0 Å². The number of hydrogen-bond acceptors (Lipinski definition) is 1. The predicted molar refractivity (Wildman–Crippen MR) is 60.9 cm³/mol. The first-order valence-corrected chi connectivity index (χ1v) is 5.10. The third-order valence-corrected chi connectivity index (χ3v) is 2.23. The average Bonchev–Trinajstić information content (AvgIpc) is 2.25. The summed E-state index contributed by atoms with van der Waals surface area (Å²) in [4.78, 5) is 0. The van der Waals surface area contributed by atoms with Crippen LogP contribution in [0.3, 0.4) is 0 Å². The van der Waals surface area contributed by atoms with Crippen molar-refractivity contribution in [3.63, 3.8) is 0 Å². The molecule has 74 valence electrons. The van der Waals surface area contributed by atoms with Gasteiger partial charge in [0, 0.05) is 6.04 Å². The molecule has 0 aromatic heterocycles. The van der Waals surface area contributed by atoms with E-state index in [1.54, 1.807) is 0 Å². The van der Waals surface area contributed by atoms with Gasteiger partial charge >= 0.3 is 0 Å². The fraction of sp³-hybridized carbons (Fsp3) is 0.385. The van der Waals surface area contributed by atoms with Crippen LogP contribution in [-0.2, 0) is 0 Å². The Labute approximate surface area is 86.5 Å². The summed E-state index contributed by atoms with van der Waals surface area (Å²) < 4.78 is 0. The molecule has 0 heterocycles. The fourth-order valence-corrected chi connectivity index (χ4v) is 1.54. The van der Waals surface area contributed by atoms with Crippen molar-refractivity contribution in [2.24, 2.45) is 0 Å². The van der Waals surface area contributed by atoms with Crippen molar-refractivity contribution in [2.45, 2.75) is 25.8 Å². The van der Waals surface area contributed by atoms with E-state index in [0.717, 1.165) is 12.8 Å². The molecule has 1 heteroatoms. The molecule has 0 aliphatic heterocycles. The Morgan fingerprint density at radius 1 is 1.36 bits per heavy atom. The molecular formula is C13H17N. The molecule has 0 fully saturated rings. The maximum Gasteiger partial charge on any atom is 0.0578 e. The zero-order valence-electron chi connectivity index (χ0n) is 8.66. The Morgan fingerprint density at radius 3 is 2.64 bits per heavy atom. The number of rotatable bonds is 5. The van der Waals surface area contributed by atoms with E-state index in [1.807, 2.05) is 6.07 Å². The molecule has 0 spiro atoms. The van der Waals surface area contributed by atoms with Crippen LogP contribution in [0.5, 0.6) is 0 Å². The Bertz CT molecular complexity index is 284. The first-order chi connectivity index (χ1) is 6.88. The maximum atomic E-state index is 5.24. The van der Waals surface area contributed by atoms with Crippen molar-refractivity contribution >= 4 is 0 Å². The summed E-state index contributed by atoms with van der Waals surface area (Å²) >= 11 is 0. The van der Waals surface area contributed by atoms with Gasteiger partial charge in [0.2, 0.25) is 0 Å². The molecule has 1 nitrogen and oxygen atoms in total. The lowest BCUT2D eigenvalue weighted by Gasteiger charge is -2.16. The molecule has 0 radical (unpaired) electrons. The molecule has 0 saturated carbocycles. The first-order valence-electron chi connectivity index (χ1n) is 5.10. The molecule has 1 atom stereocenters. The van der Waals surface area contributed by atoms with Gasteiger partial charge in [-0.1, -0.05) is 49.6 Å². The zero-order chi connectivity index (χ0) is 10.2. The maximum absolute atomic E-state index is 5.24. The topological polar surface area (TPSA) is 12.0 Å². The number of terminal acetylenes is 1. The van der Waals surface area contributed by atoms with Crippen LogP contribution in [0, 0.1) is 12.3 Å². The first kappa shape index (κ1) is 10.8. The molecule has 14 heavy (non-hydrogen) atoms. The molecule has 0 bridgehead atoms. The monoisotopic (exact) mass is 187 g/mol. The highest BCUT2D eigenvalue weighted by atomic mass is 14.9. The van der Waals surface area contributed by atoms with E-state index in [1.165, 1.54) is 5.56 Å². The van der Waals surface area contributed by atoms with E-state index >= 15 is 0 Å². The minimum absolute atomic E-state index is 0.400. The summed E-state index contributed by atoms with van der Waals surface area (Å²) in [6.45, 7) is 2.83. The van der Waals surface area contributed by atoms with E-state index in [0.29, 0.717) is 12.6 Å². The van der Waals surface area contributed by atoms with Crippen molar-refractivity contribution in [1.29, 1.82) is 0 Å². The molecule has 0 saturated heterocycles. The normalized spacial score (nSPS) is 12.0. The summed E-state index contributed by atoms with van der Waals surface area (Å²) in [7, 11) is 0. The lowest BCUT2D eigenvalue weighted by atomic mass is 10.0. The van der Waals surface area contributed by atoms with E-state index in [9.17, 15) is 0 Å². The number of hydrogen-bond donors (Lipinski definition) is 1. The number of nitrogens with one attached hydrogen (secondary N) is 1. The molecule has 0 aliphatic rings. The van der Waals surface area contributed by atoms with Crippen LogP contribution in [0.2, 0.25) is 0 Å². The molecule has 1 N–H and O–H groups in total. The van der Waals surface area contributed by atoms with Crippen LogP contribution in [0.15, 0.2) is 30.3 Å². The summed E-state index contributed by atoms with van der Waals surface area (Å²) in [5, 5.41) is 3.35. The summed E-state index contributed by atoms with van der Waals surface area (Å²) in [6, 6.07) is 10.9. The lowest BCUT2D eigenvalue weighted by molar-refractivity contribution is 0.524. The van der Waals surface area contributed by atoms with Gasteiger partial charge < -0.3 is 0 Å². The standard InChI is InChI=1S/C13H17N/c1-3-8-13(14-11-4-2)12-9-6-5-7-10-12/h2,5-7,9-10,13-14H,3,8,11H2,1H3. The zero-order valence-corrected chi connectivity index (χ0v) is 8.66. The van der Waals surface area contributed by atoms with Gasteiger partial charge in [-0.25, -0.2) is 0 Å². The Morgan fingerprint density at radius 2 is 2.07 bits per heavy atom. The quantitative estimate of drug-likeness (QED) is 0.699. The molecule has 1 aromatic carbocycles. The lowest BCUT2D eigenvalue weighted by Crippen LogP contribution is -2.21. The Kier molecular flexibility index (Phi) is 4.82. The fourth-order valence-electron chi connectivity index (χ4n) is 1.54. The highest BCUT2D eigenvalue weighted by Crippen LogP contribution is 2.17. The van der Waals surface area contributed by atoms with Crippen LogP contribution in [0.4, 0.5) is 0 Å². The van der Waals surface area contributed by atoms with Gasteiger partial charge in [-0.05, 0) is 12.0 Å². The third-order valence-electron chi connectivity index (χ3n) is 2.23. The largest absolute Gasteiger partial charge is 0.299 e. The van der Waals surface area contributed by atoms with E-state index in [-0.39, 0.29) is 0 Å². The van der Waals surface area contributed by atoms with Crippen LogP contribution < -0.4 is 5.32 Å². The van der Waals surface area contributed by atoms with Gasteiger partial charge in [0.05, 0.1) is 6.54 Å². The van der Waals surface area contributed by atoms with Gasteiger partial charge in [-0.3, -0.25) is 5.32 Å². The van der Waals surface area contributed by atoms with E-state index in [4.69, 9.17) is 6.42 Å². The molecule has 0 amide bonds. The summed E-state index contributed by atoms with van der Waals surface area (Å²) in [5.41, 5.74) is 1.32. The van der Waals surface area contributed by atoms with Gasteiger partial charge in [-0.2, -0.15) is 0 Å². The van der Waals surface area contributed by atoms with Crippen molar-refractivity contribution in [3.8, 4) is 12.3 Å². The van der Waals surface area contributed by atoms with Crippen LogP contribution in [-0.4, -0.2) is 6.54 Å². The van der Waals surface area contributed by atoms with Crippen molar-refractivity contribution in [2.75, 3.05) is 6.54 Å². The SMILES string of the molecule is C#CCNC(CCC)c1ccccc1. The van der Waals surface area contributed by atoms with E-state index in [2.05, 4.69) is 42.4 Å². The molecular weight excluding hydrogens is 170 g/mol. The van der Waals surface area contributed by atoms with Crippen molar-refractivity contribution in [1.82, 2.24) is 5.32 Å². The summed E-state index contributed by atoms with van der Waals surface area (Å²) in [5.74, 6) is 2.62. The summed E-state index contributed by atoms with van der Waals surface area (Å²) in [6.07, 6.45) is 7.53. The highest BCUT2D eigenvalue weighted by molar-refractivity contribution is 5.19. The minimum atomic E-state index is 0.400. The molecule has 0 aliphatic carbocycles. The second-order valence-electron chi connectivity index (χ2n) is 3.34. The van der Waals surface area contributed by atoms with Gasteiger partial charge in [0.1, 0.15) is 0 Å². The van der Waals surface area contributed by atoms with Crippen LogP contribution >= 0.6 is 0 Å². The van der Waals surface area contributed by atoms with Gasteiger partial charge in [0.25, 0.3) is 0 Å². The second kappa shape index (κ2) is 6.23. The Balaban J connectivity index is 2.63. The van der Waals surface area contributed by atoms with Crippen molar-refractivity contribution in [3.05, 3.63) is 35.9 Å². The van der Waals surface area contributed by atoms with Gasteiger partial charge in [-0.15, -0.1) is 6.42 Å². The molecule has 1 unspecified atom stereocenters. The van der Waals surface area contributed by atoms with Crippen LogP contribution in [0.1, 0.15) is 31.4 Å². The second-order valence-corrected chi connectivity index (χ2v) is 3.34.